The van der Waals surface area contributed by atoms with Gasteiger partial charge in [-0.1, -0.05) is 0 Å². The predicted octanol–water partition coefficient (Wildman–Crippen LogP) is 5.01. The number of hydrogen-bond donors (Lipinski definition) is 1. The van der Waals surface area contributed by atoms with Crippen LogP contribution in [0.5, 0.6) is 0 Å². The smallest absolute Gasteiger partial charge is 0.252 e. The van der Waals surface area contributed by atoms with E-state index in [4.69, 9.17) is 23.8 Å². The molecule has 204 valence electrons. The summed E-state index contributed by atoms with van der Waals surface area (Å²) in [6, 6.07) is 0. The summed E-state index contributed by atoms with van der Waals surface area (Å²) in [6.45, 7) is 6.25. The maximum atomic E-state index is 6.63. The molecule has 0 aromatic carbocycles. The van der Waals surface area contributed by atoms with E-state index in [-0.39, 0.29) is 0 Å². The van der Waals surface area contributed by atoms with E-state index in [0.29, 0.717) is 0 Å². The van der Waals surface area contributed by atoms with Crippen molar-refractivity contribution in [1.29, 1.82) is 0 Å². The third-order valence-corrected chi connectivity index (χ3v) is 18.4. The van der Waals surface area contributed by atoms with E-state index in [9.17, 15) is 0 Å². The van der Waals surface area contributed by atoms with Crippen molar-refractivity contribution in [1.82, 2.24) is 32.7 Å². The lowest BCUT2D eigenvalue weighted by Gasteiger charge is -2.43. The molecule has 0 aliphatic carbocycles. The predicted molar refractivity (Wildman–Crippen MR) is 157 cm³/mol. The van der Waals surface area contributed by atoms with Gasteiger partial charge in [0, 0.05) is 18.6 Å². The van der Waals surface area contributed by atoms with E-state index >= 15 is 0 Å². The average molecular weight is 562 g/mol. The fourth-order valence-electron chi connectivity index (χ4n) is 3.67. The van der Waals surface area contributed by atoms with Gasteiger partial charge in [-0.2, -0.15) is 9.03 Å². The van der Waals surface area contributed by atoms with Crippen LogP contribution in [0.25, 0.3) is 0 Å². The van der Waals surface area contributed by atoms with Gasteiger partial charge in [0.05, 0.1) is 5.54 Å². The fraction of sp³-hybridized carbons (Fsp3) is 1.00. The van der Waals surface area contributed by atoms with E-state index in [0.717, 1.165) is 0 Å². The Morgan fingerprint density at radius 1 is 0.559 bits per heavy atom. The number of hydrogen-bond acceptors (Lipinski definition) is 1. The SMILES string of the molecule is CN(C)[P+](N)=NP(=NC(C)(C)C)(N=P(N(C)C)(N(C)C)N(C)C)N=P(N(C)C)(N(C)C)N(C)C. The quantitative estimate of drug-likeness (QED) is 0.372. The summed E-state index contributed by atoms with van der Waals surface area (Å²) in [5.74, 6) is 0. The van der Waals surface area contributed by atoms with Gasteiger partial charge in [0.25, 0.3) is 0 Å². The Labute approximate surface area is 212 Å². The van der Waals surface area contributed by atoms with Crippen molar-refractivity contribution in [3.8, 4) is 0 Å². The first-order valence-corrected chi connectivity index (χ1v) is 17.2. The van der Waals surface area contributed by atoms with Gasteiger partial charge in [-0.15, -0.1) is 10.2 Å². The van der Waals surface area contributed by atoms with Crippen LogP contribution in [-0.4, -0.2) is 137 Å². The standard InChI is InChI=1S/C18H53N12P4/c1-18(2,3)20-32(21-31(19)24(4)5,22-33(25(6)7,26(8)9)27(10)11)23-34(28(12)13,29(14)15)30(16)17/h1-17H3,(H2,19,21)/q+1. The zero-order valence-electron chi connectivity index (χ0n) is 24.8. The van der Waals surface area contributed by atoms with Crippen LogP contribution >= 0.6 is 30.5 Å². The van der Waals surface area contributed by atoms with Crippen LogP contribution in [0.15, 0.2) is 18.3 Å². The Balaban J connectivity index is 8.62. The molecule has 0 rings (SSSR count). The van der Waals surface area contributed by atoms with Crippen LogP contribution in [-0.2, 0) is 0 Å². The third-order valence-electron chi connectivity index (χ3n) is 4.76. The molecule has 0 aromatic heterocycles. The number of nitrogens with zero attached hydrogens (tertiary/aromatic N) is 11. The molecule has 0 radical (unpaired) electrons. The molecule has 0 aliphatic heterocycles. The molecule has 0 amide bonds. The summed E-state index contributed by atoms with van der Waals surface area (Å²) >= 11 is 0. The van der Waals surface area contributed by atoms with Crippen LogP contribution in [0.2, 0.25) is 0 Å². The van der Waals surface area contributed by atoms with Crippen LogP contribution in [0.3, 0.4) is 0 Å². The Hall–Kier alpha value is 0.470. The first-order chi connectivity index (χ1) is 15.1. The summed E-state index contributed by atoms with van der Waals surface area (Å²) in [6.07, 6.45) is 0. The Morgan fingerprint density at radius 3 is 1.00 bits per heavy atom. The lowest BCUT2D eigenvalue weighted by Crippen LogP contribution is -2.31. The lowest BCUT2D eigenvalue weighted by atomic mass is 10.1. The van der Waals surface area contributed by atoms with Crippen LogP contribution in [0.4, 0.5) is 0 Å². The second-order valence-electron chi connectivity index (χ2n) is 10.4. The maximum Gasteiger partial charge on any atom is 0.401 e. The molecule has 0 heterocycles. The molecule has 0 aliphatic rings. The van der Waals surface area contributed by atoms with Crippen molar-refractivity contribution in [3.05, 3.63) is 0 Å². The lowest BCUT2D eigenvalue weighted by molar-refractivity contribution is 0.473. The molecule has 2 N–H and O–H groups in total. The van der Waals surface area contributed by atoms with E-state index in [1.54, 1.807) is 0 Å². The summed E-state index contributed by atoms with van der Waals surface area (Å²) in [5, 5.41) is 0. The molecule has 16 heteroatoms. The van der Waals surface area contributed by atoms with E-state index in [2.05, 4.69) is 133 Å². The van der Waals surface area contributed by atoms with Crippen molar-refractivity contribution in [2.45, 2.75) is 26.3 Å². The molecule has 1 atom stereocenters. The highest BCUT2D eigenvalue weighted by Gasteiger charge is 2.41. The van der Waals surface area contributed by atoms with Crippen molar-refractivity contribution < 1.29 is 0 Å². The minimum absolute atomic E-state index is 0.423. The van der Waals surface area contributed by atoms with Crippen molar-refractivity contribution in [2.75, 3.05) is 98.7 Å². The van der Waals surface area contributed by atoms with Gasteiger partial charge >= 0.3 is 15.5 Å². The molecule has 34 heavy (non-hydrogen) atoms. The summed E-state index contributed by atoms with van der Waals surface area (Å²) < 4.78 is 36.9. The number of rotatable bonds is 10. The highest BCUT2D eigenvalue weighted by atomic mass is 31.2. The summed E-state index contributed by atoms with van der Waals surface area (Å²) in [5.41, 5.74) is 6.21. The Kier molecular flexibility index (Phi) is 13.0. The molecular formula is C18H53N12P4+. The van der Waals surface area contributed by atoms with Crippen LogP contribution < -0.4 is 5.50 Å². The minimum atomic E-state index is -3.08. The molecule has 0 fully saturated rings. The zero-order chi connectivity index (χ0) is 27.4. The Morgan fingerprint density at radius 2 is 0.824 bits per heavy atom. The van der Waals surface area contributed by atoms with Gasteiger partial charge in [-0.25, -0.2) is 4.74 Å². The fourth-order valence-corrected chi connectivity index (χ4v) is 18.7. The van der Waals surface area contributed by atoms with E-state index in [1.165, 1.54) is 0 Å². The van der Waals surface area contributed by atoms with Gasteiger partial charge in [0.1, 0.15) is 0 Å². The normalized spacial score (nSPS) is 15.0. The molecule has 0 saturated heterocycles. The summed E-state index contributed by atoms with van der Waals surface area (Å²) in [4.78, 5) is 0. The second kappa shape index (κ2) is 12.8. The average Bonchev–Trinajstić information content (AvgIpc) is 2.60. The second-order valence-corrected chi connectivity index (χ2v) is 22.2. The van der Waals surface area contributed by atoms with E-state index < -0.39 is 36.1 Å². The Bertz CT molecular complexity index is 762. The molecule has 0 spiro atoms. The van der Waals surface area contributed by atoms with Gasteiger partial charge in [-0.05, 0) is 105 Å². The van der Waals surface area contributed by atoms with Crippen LogP contribution in [0.1, 0.15) is 20.8 Å². The molecule has 0 bridgehead atoms. The van der Waals surface area contributed by atoms with Crippen molar-refractivity contribution >= 4 is 30.5 Å². The zero-order valence-corrected chi connectivity index (χ0v) is 28.4. The van der Waals surface area contributed by atoms with Gasteiger partial charge < -0.3 is 0 Å². The first kappa shape index (κ1) is 34.5. The van der Waals surface area contributed by atoms with Gasteiger partial charge in [0.15, 0.2) is 15.0 Å². The summed E-state index contributed by atoms with van der Waals surface area (Å²) in [7, 11) is 19.4. The molecule has 1 unspecified atom stereocenters. The van der Waals surface area contributed by atoms with Gasteiger partial charge in [-0.3, -0.25) is 28.0 Å². The van der Waals surface area contributed by atoms with Gasteiger partial charge in [0.2, 0.25) is 0 Å². The highest BCUT2D eigenvalue weighted by molar-refractivity contribution is 7.79. The molecule has 0 aromatic rings. The molecule has 0 saturated carbocycles. The molecule has 12 nitrogen and oxygen atoms in total. The molecular weight excluding hydrogens is 508 g/mol. The van der Waals surface area contributed by atoms with Crippen molar-refractivity contribution in [2.24, 2.45) is 23.8 Å². The largest absolute Gasteiger partial charge is 0.401 e. The maximum absolute atomic E-state index is 6.63. The first-order valence-electron chi connectivity index (χ1n) is 11.0. The van der Waals surface area contributed by atoms with Crippen LogP contribution in [0, 0.1) is 0 Å². The van der Waals surface area contributed by atoms with E-state index in [1.807, 2.05) is 18.8 Å². The number of nitrogens with two attached hydrogens (primary N) is 1. The van der Waals surface area contributed by atoms with Crippen molar-refractivity contribution in [3.63, 3.8) is 0 Å². The minimum Gasteiger partial charge on any atom is -0.252 e. The highest BCUT2D eigenvalue weighted by Crippen LogP contribution is 2.75. The third kappa shape index (κ3) is 7.98. The topological polar surface area (TPSA) is 98.1 Å². The monoisotopic (exact) mass is 561 g/mol.